The van der Waals surface area contributed by atoms with Gasteiger partial charge in [0.25, 0.3) is 0 Å². The monoisotopic (exact) mass is 290 g/mol. The van der Waals surface area contributed by atoms with Crippen molar-refractivity contribution in [2.24, 2.45) is 0 Å². The zero-order valence-corrected chi connectivity index (χ0v) is 13.3. The highest BCUT2D eigenvalue weighted by molar-refractivity contribution is 5.81. The fourth-order valence-electron chi connectivity index (χ4n) is 2.90. The maximum Gasteiger partial charge on any atom is 0.326 e. The molecule has 1 saturated heterocycles. The quantitative estimate of drug-likeness (QED) is 0.844. The first-order valence-corrected chi connectivity index (χ1v) is 7.74. The summed E-state index contributed by atoms with van der Waals surface area (Å²) in [5.41, 5.74) is 0.630. The van der Waals surface area contributed by atoms with Crippen LogP contribution in [0.5, 0.6) is 0 Å². The SMILES string of the molecule is CCOC(=O)C1(NCc2ccccc2)CCN(C)C(C)C1. The summed E-state index contributed by atoms with van der Waals surface area (Å²) in [7, 11) is 2.11. The molecule has 0 spiro atoms. The Morgan fingerprint density at radius 2 is 2.14 bits per heavy atom. The molecule has 116 valence electrons. The average Bonchev–Trinajstić information content (AvgIpc) is 2.50. The smallest absolute Gasteiger partial charge is 0.326 e. The van der Waals surface area contributed by atoms with E-state index in [1.165, 1.54) is 5.56 Å². The predicted octanol–water partition coefficient (Wildman–Crippen LogP) is 2.19. The van der Waals surface area contributed by atoms with Crippen molar-refractivity contribution in [3.05, 3.63) is 35.9 Å². The molecule has 1 aliphatic heterocycles. The van der Waals surface area contributed by atoms with E-state index in [0.29, 0.717) is 19.2 Å². The molecule has 0 amide bonds. The van der Waals surface area contributed by atoms with Crippen LogP contribution in [-0.2, 0) is 16.1 Å². The van der Waals surface area contributed by atoms with Crippen molar-refractivity contribution in [3.8, 4) is 0 Å². The van der Waals surface area contributed by atoms with Gasteiger partial charge in [-0.25, -0.2) is 0 Å². The van der Waals surface area contributed by atoms with Gasteiger partial charge in [0.2, 0.25) is 0 Å². The Bertz CT molecular complexity index is 463. The van der Waals surface area contributed by atoms with E-state index in [9.17, 15) is 4.79 Å². The average molecular weight is 290 g/mol. The Morgan fingerprint density at radius 1 is 1.43 bits per heavy atom. The van der Waals surface area contributed by atoms with Crippen LogP contribution in [0.1, 0.15) is 32.3 Å². The van der Waals surface area contributed by atoms with E-state index in [0.717, 1.165) is 19.4 Å². The number of carbonyl (C=O) groups is 1. The van der Waals surface area contributed by atoms with Crippen molar-refractivity contribution in [3.63, 3.8) is 0 Å². The third-order valence-electron chi connectivity index (χ3n) is 4.43. The number of nitrogens with zero attached hydrogens (tertiary/aromatic N) is 1. The van der Waals surface area contributed by atoms with Crippen LogP contribution in [0, 0.1) is 0 Å². The molecule has 1 aromatic rings. The highest BCUT2D eigenvalue weighted by Crippen LogP contribution is 2.28. The van der Waals surface area contributed by atoms with Gasteiger partial charge >= 0.3 is 5.97 Å². The first kappa shape index (κ1) is 16.0. The number of carbonyl (C=O) groups excluding carboxylic acids is 1. The number of hydrogen-bond acceptors (Lipinski definition) is 4. The lowest BCUT2D eigenvalue weighted by molar-refractivity contribution is -0.154. The summed E-state index contributed by atoms with van der Waals surface area (Å²) >= 11 is 0. The maximum absolute atomic E-state index is 12.5. The molecule has 1 fully saturated rings. The van der Waals surface area contributed by atoms with Crippen LogP contribution in [0.4, 0.5) is 0 Å². The van der Waals surface area contributed by atoms with Crippen LogP contribution in [-0.4, -0.2) is 42.6 Å². The molecular weight excluding hydrogens is 264 g/mol. The molecule has 0 aliphatic carbocycles. The lowest BCUT2D eigenvalue weighted by Gasteiger charge is -2.43. The molecule has 4 nitrogen and oxygen atoms in total. The van der Waals surface area contributed by atoms with Crippen LogP contribution in [0.2, 0.25) is 0 Å². The standard InChI is InChI=1S/C17H26N2O2/c1-4-21-16(20)17(10-11-19(3)14(2)12-17)18-13-15-8-6-5-7-9-15/h5-9,14,18H,4,10-13H2,1-3H3. The fraction of sp³-hybridized carbons (Fsp3) is 0.588. The minimum atomic E-state index is -0.558. The zero-order chi connectivity index (χ0) is 15.3. The van der Waals surface area contributed by atoms with Crippen molar-refractivity contribution in [1.82, 2.24) is 10.2 Å². The molecule has 2 atom stereocenters. The molecule has 1 heterocycles. The van der Waals surface area contributed by atoms with Crippen LogP contribution < -0.4 is 5.32 Å². The van der Waals surface area contributed by atoms with Crippen LogP contribution >= 0.6 is 0 Å². The minimum Gasteiger partial charge on any atom is -0.465 e. The lowest BCUT2D eigenvalue weighted by Crippen LogP contribution is -2.60. The second-order valence-corrected chi connectivity index (χ2v) is 5.93. The Morgan fingerprint density at radius 3 is 2.76 bits per heavy atom. The van der Waals surface area contributed by atoms with Crippen LogP contribution in [0.3, 0.4) is 0 Å². The van der Waals surface area contributed by atoms with Gasteiger partial charge in [0.1, 0.15) is 5.54 Å². The molecular formula is C17H26N2O2. The predicted molar refractivity (Wildman–Crippen MR) is 84.0 cm³/mol. The third kappa shape index (κ3) is 3.83. The van der Waals surface area contributed by atoms with Crippen LogP contribution in [0.25, 0.3) is 0 Å². The molecule has 1 aliphatic rings. The minimum absolute atomic E-state index is 0.110. The van der Waals surface area contributed by atoms with E-state index in [-0.39, 0.29) is 5.97 Å². The van der Waals surface area contributed by atoms with Gasteiger partial charge in [-0.15, -0.1) is 0 Å². The Balaban J connectivity index is 2.10. The summed E-state index contributed by atoms with van der Waals surface area (Å²) in [5, 5.41) is 3.49. The van der Waals surface area contributed by atoms with Gasteiger partial charge < -0.3 is 9.64 Å². The molecule has 0 saturated carbocycles. The van der Waals surface area contributed by atoms with E-state index < -0.39 is 5.54 Å². The number of rotatable bonds is 5. The summed E-state index contributed by atoms with van der Waals surface area (Å²) in [6.45, 7) is 6.05. The molecule has 4 heteroatoms. The van der Waals surface area contributed by atoms with Gasteiger partial charge in [-0.1, -0.05) is 30.3 Å². The summed E-state index contributed by atoms with van der Waals surface area (Å²) in [6, 6.07) is 10.6. The number of piperidine rings is 1. The van der Waals surface area contributed by atoms with Crippen molar-refractivity contribution in [2.45, 2.75) is 44.8 Å². The fourth-order valence-corrected chi connectivity index (χ4v) is 2.90. The highest BCUT2D eigenvalue weighted by atomic mass is 16.5. The second-order valence-electron chi connectivity index (χ2n) is 5.93. The molecule has 0 radical (unpaired) electrons. The van der Waals surface area contributed by atoms with E-state index in [4.69, 9.17) is 4.74 Å². The van der Waals surface area contributed by atoms with Gasteiger partial charge in [-0.3, -0.25) is 10.1 Å². The molecule has 1 aromatic carbocycles. The van der Waals surface area contributed by atoms with Crippen molar-refractivity contribution in [2.75, 3.05) is 20.2 Å². The van der Waals surface area contributed by atoms with Crippen molar-refractivity contribution in [1.29, 1.82) is 0 Å². The van der Waals surface area contributed by atoms with Crippen molar-refractivity contribution >= 4 is 5.97 Å². The van der Waals surface area contributed by atoms with Gasteiger partial charge in [0, 0.05) is 19.1 Å². The number of likely N-dealkylation sites (tertiary alicyclic amines) is 1. The maximum atomic E-state index is 12.5. The van der Waals surface area contributed by atoms with E-state index in [1.54, 1.807) is 0 Å². The Labute approximate surface area is 127 Å². The molecule has 21 heavy (non-hydrogen) atoms. The number of benzene rings is 1. The number of ether oxygens (including phenoxy) is 1. The molecule has 2 rings (SSSR count). The molecule has 1 N–H and O–H groups in total. The van der Waals surface area contributed by atoms with E-state index in [2.05, 4.69) is 36.3 Å². The number of hydrogen-bond donors (Lipinski definition) is 1. The molecule has 2 unspecified atom stereocenters. The summed E-state index contributed by atoms with van der Waals surface area (Å²) in [4.78, 5) is 14.8. The van der Waals surface area contributed by atoms with Gasteiger partial charge in [-0.2, -0.15) is 0 Å². The zero-order valence-electron chi connectivity index (χ0n) is 13.3. The largest absolute Gasteiger partial charge is 0.465 e. The highest BCUT2D eigenvalue weighted by Gasteiger charge is 2.44. The van der Waals surface area contributed by atoms with E-state index in [1.807, 2.05) is 25.1 Å². The first-order chi connectivity index (χ1) is 10.1. The second kappa shape index (κ2) is 7.05. The third-order valence-corrected chi connectivity index (χ3v) is 4.43. The summed E-state index contributed by atoms with van der Waals surface area (Å²) < 4.78 is 5.34. The van der Waals surface area contributed by atoms with Gasteiger partial charge in [-0.05, 0) is 39.3 Å². The topological polar surface area (TPSA) is 41.6 Å². The lowest BCUT2D eigenvalue weighted by atomic mass is 9.83. The number of nitrogens with one attached hydrogen (secondary N) is 1. The van der Waals surface area contributed by atoms with Gasteiger partial charge in [0.05, 0.1) is 6.61 Å². The Hall–Kier alpha value is -1.39. The first-order valence-electron chi connectivity index (χ1n) is 7.74. The molecule has 0 bridgehead atoms. The summed E-state index contributed by atoms with van der Waals surface area (Å²) in [5.74, 6) is -0.110. The Kier molecular flexibility index (Phi) is 5.37. The van der Waals surface area contributed by atoms with Crippen molar-refractivity contribution < 1.29 is 9.53 Å². The normalized spacial score (nSPS) is 26.5. The molecule has 0 aromatic heterocycles. The van der Waals surface area contributed by atoms with Crippen LogP contribution in [0.15, 0.2) is 30.3 Å². The summed E-state index contributed by atoms with van der Waals surface area (Å²) in [6.07, 6.45) is 1.58. The van der Waals surface area contributed by atoms with E-state index >= 15 is 0 Å². The number of esters is 1. The van der Waals surface area contributed by atoms with Gasteiger partial charge in [0.15, 0.2) is 0 Å².